The van der Waals surface area contributed by atoms with Crippen molar-refractivity contribution in [3.8, 4) is 0 Å². The summed E-state index contributed by atoms with van der Waals surface area (Å²) in [5.41, 5.74) is 0. The van der Waals surface area contributed by atoms with Gasteiger partial charge in [0.2, 0.25) is 5.78 Å². The molecule has 0 aliphatic carbocycles. The largest absolute Gasteiger partial charge is 0.476 e. The molecule has 0 aromatic carbocycles. The Bertz CT molecular complexity index is 307. The van der Waals surface area contributed by atoms with Gasteiger partial charge in [0.15, 0.2) is 0 Å². The molecule has 1 N–H and O–H groups in total. The molecule has 1 saturated heterocycles. The molecule has 1 heterocycles. The number of nitrogens with zero attached hydrogens (tertiary/aromatic N) is 1. The first-order chi connectivity index (χ1) is 8.04. The number of piperidine rings is 1. The zero-order valence-electron chi connectivity index (χ0n) is 9.85. The summed E-state index contributed by atoms with van der Waals surface area (Å²) < 4.78 is 4.86. The van der Waals surface area contributed by atoms with Gasteiger partial charge in [-0.05, 0) is 25.7 Å². The third kappa shape index (κ3) is 4.05. The molecule has 0 atom stereocenters. The highest BCUT2D eigenvalue weighted by Crippen LogP contribution is 2.21. The average Bonchev–Trinajstić information content (AvgIpc) is 2.30. The number of aliphatic carboxylic acids is 1. The van der Waals surface area contributed by atoms with Crippen molar-refractivity contribution >= 4 is 17.8 Å². The van der Waals surface area contributed by atoms with E-state index in [-0.39, 0.29) is 18.4 Å². The summed E-state index contributed by atoms with van der Waals surface area (Å²) >= 11 is 0. The summed E-state index contributed by atoms with van der Waals surface area (Å²) in [4.78, 5) is 34.4. The van der Waals surface area contributed by atoms with Gasteiger partial charge in [-0.3, -0.25) is 4.79 Å². The second-order valence-corrected chi connectivity index (χ2v) is 4.06. The molecule has 6 nitrogen and oxygen atoms in total. The zero-order valence-corrected chi connectivity index (χ0v) is 9.85. The SMILES string of the molecule is CCOC(=O)N1CCC(CC(=O)C(=O)O)CC1. The molecule has 0 aromatic rings. The van der Waals surface area contributed by atoms with Crippen LogP contribution in [0.1, 0.15) is 26.2 Å². The maximum atomic E-state index is 11.4. The van der Waals surface area contributed by atoms with E-state index in [0.717, 1.165) is 0 Å². The number of ether oxygens (including phenoxy) is 1. The van der Waals surface area contributed by atoms with Gasteiger partial charge < -0.3 is 14.7 Å². The minimum atomic E-state index is -1.38. The smallest absolute Gasteiger partial charge is 0.409 e. The number of likely N-dealkylation sites (tertiary alicyclic amines) is 1. The lowest BCUT2D eigenvalue weighted by Crippen LogP contribution is -2.39. The summed E-state index contributed by atoms with van der Waals surface area (Å²) in [7, 11) is 0. The molecule has 1 fully saturated rings. The molecule has 0 unspecified atom stereocenters. The van der Waals surface area contributed by atoms with E-state index in [4.69, 9.17) is 9.84 Å². The van der Waals surface area contributed by atoms with Crippen molar-refractivity contribution in [3.05, 3.63) is 0 Å². The van der Waals surface area contributed by atoms with Crippen molar-refractivity contribution in [2.24, 2.45) is 5.92 Å². The van der Waals surface area contributed by atoms with Crippen LogP contribution in [0, 0.1) is 5.92 Å². The molecule has 1 rings (SSSR count). The van der Waals surface area contributed by atoms with E-state index in [1.54, 1.807) is 11.8 Å². The van der Waals surface area contributed by atoms with Crippen molar-refractivity contribution in [1.29, 1.82) is 0 Å². The molecule has 17 heavy (non-hydrogen) atoms. The summed E-state index contributed by atoms with van der Waals surface area (Å²) in [6, 6.07) is 0. The molecule has 1 aliphatic rings. The molecule has 0 spiro atoms. The van der Waals surface area contributed by atoms with Gasteiger partial charge in [-0.25, -0.2) is 9.59 Å². The van der Waals surface area contributed by atoms with Crippen molar-refractivity contribution in [3.63, 3.8) is 0 Å². The van der Waals surface area contributed by atoms with Gasteiger partial charge in [0, 0.05) is 19.5 Å². The maximum Gasteiger partial charge on any atom is 0.409 e. The summed E-state index contributed by atoms with van der Waals surface area (Å²) in [5, 5.41) is 8.49. The molecule has 1 aliphatic heterocycles. The number of carboxylic acids is 1. The zero-order chi connectivity index (χ0) is 12.8. The normalized spacial score (nSPS) is 16.6. The van der Waals surface area contributed by atoms with Crippen molar-refractivity contribution in [1.82, 2.24) is 4.90 Å². The summed E-state index contributed by atoms with van der Waals surface area (Å²) in [5.74, 6) is -2.07. The monoisotopic (exact) mass is 243 g/mol. The minimum Gasteiger partial charge on any atom is -0.476 e. The molecule has 0 radical (unpaired) electrons. The van der Waals surface area contributed by atoms with Gasteiger partial charge in [0.25, 0.3) is 0 Å². The van der Waals surface area contributed by atoms with Crippen LogP contribution >= 0.6 is 0 Å². The fourth-order valence-corrected chi connectivity index (χ4v) is 1.88. The fourth-order valence-electron chi connectivity index (χ4n) is 1.88. The Labute approximate surface area is 99.5 Å². The van der Waals surface area contributed by atoms with Crippen LogP contribution in [0.3, 0.4) is 0 Å². The Morgan fingerprint density at radius 1 is 1.29 bits per heavy atom. The number of carbonyl (C=O) groups is 3. The Hall–Kier alpha value is -1.59. The van der Waals surface area contributed by atoms with Gasteiger partial charge >= 0.3 is 12.1 Å². The molecule has 96 valence electrons. The Kier molecular flexibility index (Phi) is 4.93. The molecular formula is C11H17NO5. The standard InChI is InChI=1S/C11H17NO5/c1-2-17-11(16)12-5-3-8(4-6-12)7-9(13)10(14)15/h8H,2-7H2,1H3,(H,14,15). The first-order valence-corrected chi connectivity index (χ1v) is 5.72. The number of ketones is 1. The van der Waals surface area contributed by atoms with Crippen molar-refractivity contribution < 1.29 is 24.2 Å². The van der Waals surface area contributed by atoms with Gasteiger partial charge in [-0.15, -0.1) is 0 Å². The van der Waals surface area contributed by atoms with Gasteiger partial charge in [0.1, 0.15) is 0 Å². The lowest BCUT2D eigenvalue weighted by Gasteiger charge is -2.30. The van der Waals surface area contributed by atoms with Crippen LogP contribution in [-0.2, 0) is 14.3 Å². The highest BCUT2D eigenvalue weighted by molar-refractivity contribution is 6.32. The summed E-state index contributed by atoms with van der Waals surface area (Å²) in [6.45, 7) is 3.14. The second kappa shape index (κ2) is 6.22. The van der Waals surface area contributed by atoms with E-state index in [1.165, 1.54) is 0 Å². The van der Waals surface area contributed by atoms with Crippen LogP contribution in [0.15, 0.2) is 0 Å². The van der Waals surface area contributed by atoms with Crippen LogP contribution in [0.25, 0.3) is 0 Å². The number of Topliss-reactive ketones (excluding diaryl/α,β-unsaturated/α-hetero) is 1. The highest BCUT2D eigenvalue weighted by atomic mass is 16.6. The Balaban J connectivity index is 2.33. The number of hydrogen-bond donors (Lipinski definition) is 1. The predicted molar refractivity (Wildman–Crippen MR) is 58.6 cm³/mol. The van der Waals surface area contributed by atoms with Gasteiger partial charge in [0.05, 0.1) is 6.61 Å². The molecular weight excluding hydrogens is 226 g/mol. The maximum absolute atomic E-state index is 11.4. The van der Waals surface area contributed by atoms with Crippen molar-refractivity contribution in [2.75, 3.05) is 19.7 Å². The van der Waals surface area contributed by atoms with Crippen molar-refractivity contribution in [2.45, 2.75) is 26.2 Å². The molecule has 1 amide bonds. The molecule has 6 heteroatoms. The predicted octanol–water partition coefficient (Wildman–Crippen LogP) is 0.899. The van der Waals surface area contributed by atoms with Crippen LogP contribution < -0.4 is 0 Å². The van der Waals surface area contributed by atoms with Crippen LogP contribution in [0.5, 0.6) is 0 Å². The summed E-state index contributed by atoms with van der Waals surface area (Å²) in [6.07, 6.45) is 1.03. The first kappa shape index (κ1) is 13.5. The van der Waals surface area contributed by atoms with E-state index in [9.17, 15) is 14.4 Å². The van der Waals surface area contributed by atoms with E-state index < -0.39 is 11.8 Å². The molecule has 0 bridgehead atoms. The molecule has 0 aromatic heterocycles. The quantitative estimate of drug-likeness (QED) is 0.741. The number of carboxylic acid groups (broad SMARTS) is 1. The lowest BCUT2D eigenvalue weighted by molar-refractivity contribution is -0.149. The lowest BCUT2D eigenvalue weighted by atomic mass is 9.92. The third-order valence-corrected chi connectivity index (χ3v) is 2.85. The Morgan fingerprint density at radius 2 is 1.88 bits per heavy atom. The van der Waals surface area contributed by atoms with E-state index in [2.05, 4.69) is 0 Å². The van der Waals surface area contributed by atoms with Gasteiger partial charge in [-0.1, -0.05) is 0 Å². The highest BCUT2D eigenvalue weighted by Gasteiger charge is 2.26. The second-order valence-electron chi connectivity index (χ2n) is 4.06. The van der Waals surface area contributed by atoms with Crippen LogP contribution in [-0.4, -0.2) is 47.5 Å². The average molecular weight is 243 g/mol. The minimum absolute atomic E-state index is 0.0595. The van der Waals surface area contributed by atoms with E-state index in [0.29, 0.717) is 32.5 Å². The molecule has 0 saturated carbocycles. The first-order valence-electron chi connectivity index (χ1n) is 5.72. The topological polar surface area (TPSA) is 83.9 Å². The number of amides is 1. The Morgan fingerprint density at radius 3 is 2.35 bits per heavy atom. The van der Waals surface area contributed by atoms with Crippen LogP contribution in [0.4, 0.5) is 4.79 Å². The number of hydrogen-bond acceptors (Lipinski definition) is 4. The van der Waals surface area contributed by atoms with E-state index >= 15 is 0 Å². The third-order valence-electron chi connectivity index (χ3n) is 2.85. The fraction of sp³-hybridized carbons (Fsp3) is 0.727. The number of carbonyl (C=O) groups excluding carboxylic acids is 2. The van der Waals surface area contributed by atoms with Crippen LogP contribution in [0.2, 0.25) is 0 Å². The number of rotatable bonds is 4. The van der Waals surface area contributed by atoms with Gasteiger partial charge in [-0.2, -0.15) is 0 Å². The van der Waals surface area contributed by atoms with E-state index in [1.807, 2.05) is 0 Å².